The summed E-state index contributed by atoms with van der Waals surface area (Å²) in [6, 6.07) is 5.53. The average molecular weight is 273 g/mol. The maximum atomic E-state index is 12.3. The Morgan fingerprint density at radius 3 is 2.80 bits per heavy atom. The number of hydrogen-bond acceptors (Lipinski definition) is 4. The number of carbonyl (C=O) groups is 2. The van der Waals surface area contributed by atoms with Crippen LogP contribution in [0.1, 0.15) is 33.7 Å². The number of amides is 1. The molecule has 1 N–H and O–H groups in total. The van der Waals surface area contributed by atoms with E-state index in [2.05, 4.69) is 14.9 Å². The molecule has 0 atom stereocenters. The van der Waals surface area contributed by atoms with Gasteiger partial charge in [-0.1, -0.05) is 0 Å². The van der Waals surface area contributed by atoms with Crippen molar-refractivity contribution in [3.05, 3.63) is 29.5 Å². The standard InChI is InChI=1S/C14H15N3O3/c1-17(9-4-5-9)13(18)8-3-6-11-10(7-8)12(16-15-11)14(19)20-2/h3,6-7,9H,4-5H2,1-2H3,(H,15,16). The lowest BCUT2D eigenvalue weighted by Crippen LogP contribution is -2.28. The molecule has 104 valence electrons. The number of rotatable bonds is 3. The van der Waals surface area contributed by atoms with E-state index in [1.54, 1.807) is 30.1 Å². The minimum Gasteiger partial charge on any atom is -0.464 e. The van der Waals surface area contributed by atoms with Crippen molar-refractivity contribution in [2.45, 2.75) is 18.9 Å². The van der Waals surface area contributed by atoms with Crippen LogP contribution in [0.15, 0.2) is 18.2 Å². The zero-order valence-corrected chi connectivity index (χ0v) is 11.3. The van der Waals surface area contributed by atoms with E-state index >= 15 is 0 Å². The van der Waals surface area contributed by atoms with Gasteiger partial charge in [0.15, 0.2) is 5.69 Å². The molecule has 1 aromatic heterocycles. The molecule has 0 unspecified atom stereocenters. The Bertz CT molecular complexity index is 688. The van der Waals surface area contributed by atoms with E-state index < -0.39 is 5.97 Å². The van der Waals surface area contributed by atoms with Crippen LogP contribution in [-0.2, 0) is 4.74 Å². The second-order valence-corrected chi connectivity index (χ2v) is 4.97. The highest BCUT2D eigenvalue weighted by atomic mass is 16.5. The fraction of sp³-hybridized carbons (Fsp3) is 0.357. The predicted molar refractivity (Wildman–Crippen MR) is 72.5 cm³/mol. The quantitative estimate of drug-likeness (QED) is 0.862. The highest BCUT2D eigenvalue weighted by Gasteiger charge is 2.30. The second-order valence-electron chi connectivity index (χ2n) is 4.97. The fourth-order valence-corrected chi connectivity index (χ4v) is 2.23. The van der Waals surface area contributed by atoms with E-state index in [0.29, 0.717) is 22.5 Å². The zero-order valence-electron chi connectivity index (χ0n) is 11.3. The van der Waals surface area contributed by atoms with Gasteiger partial charge < -0.3 is 9.64 Å². The van der Waals surface area contributed by atoms with Gasteiger partial charge in [-0.25, -0.2) is 4.79 Å². The van der Waals surface area contributed by atoms with Crippen LogP contribution in [0.25, 0.3) is 10.9 Å². The third kappa shape index (κ3) is 2.03. The molecule has 0 aliphatic heterocycles. The molecule has 1 aliphatic rings. The SMILES string of the molecule is COC(=O)c1n[nH]c2ccc(C(=O)N(C)C3CC3)cc12. The number of fused-ring (bicyclic) bond motifs is 1. The predicted octanol–water partition coefficient (Wildman–Crippen LogP) is 1.58. The van der Waals surface area contributed by atoms with E-state index in [4.69, 9.17) is 0 Å². The summed E-state index contributed by atoms with van der Waals surface area (Å²) in [7, 11) is 3.11. The summed E-state index contributed by atoms with van der Waals surface area (Å²) in [4.78, 5) is 25.7. The van der Waals surface area contributed by atoms with Crippen molar-refractivity contribution in [2.24, 2.45) is 0 Å². The molecule has 1 aromatic carbocycles. The lowest BCUT2D eigenvalue weighted by Gasteiger charge is -2.16. The number of benzene rings is 1. The summed E-state index contributed by atoms with van der Waals surface area (Å²) >= 11 is 0. The molecular weight excluding hydrogens is 258 g/mol. The Balaban J connectivity index is 2.00. The Labute approximate surface area is 115 Å². The molecule has 20 heavy (non-hydrogen) atoms. The summed E-state index contributed by atoms with van der Waals surface area (Å²) in [6.45, 7) is 0. The molecule has 1 heterocycles. The van der Waals surface area contributed by atoms with Crippen molar-refractivity contribution in [1.82, 2.24) is 15.1 Å². The van der Waals surface area contributed by atoms with Gasteiger partial charge in [-0.05, 0) is 31.0 Å². The molecule has 3 rings (SSSR count). The lowest BCUT2D eigenvalue weighted by atomic mass is 10.1. The molecule has 0 saturated heterocycles. The molecule has 6 nitrogen and oxygen atoms in total. The van der Waals surface area contributed by atoms with Crippen LogP contribution >= 0.6 is 0 Å². The Morgan fingerprint density at radius 2 is 2.15 bits per heavy atom. The van der Waals surface area contributed by atoms with Crippen molar-refractivity contribution in [3.63, 3.8) is 0 Å². The van der Waals surface area contributed by atoms with Crippen LogP contribution < -0.4 is 0 Å². The van der Waals surface area contributed by atoms with Gasteiger partial charge in [-0.3, -0.25) is 9.89 Å². The smallest absolute Gasteiger partial charge is 0.359 e. The monoisotopic (exact) mass is 273 g/mol. The van der Waals surface area contributed by atoms with Crippen molar-refractivity contribution in [3.8, 4) is 0 Å². The van der Waals surface area contributed by atoms with Gasteiger partial charge in [0.05, 0.1) is 12.6 Å². The number of esters is 1. The molecule has 0 bridgehead atoms. The molecule has 0 spiro atoms. The molecular formula is C14H15N3O3. The van der Waals surface area contributed by atoms with E-state index in [1.807, 2.05) is 0 Å². The van der Waals surface area contributed by atoms with Crippen LogP contribution in [0.2, 0.25) is 0 Å². The zero-order chi connectivity index (χ0) is 14.3. The van der Waals surface area contributed by atoms with Gasteiger partial charge in [0.25, 0.3) is 5.91 Å². The first kappa shape index (κ1) is 12.7. The van der Waals surface area contributed by atoms with Crippen LogP contribution in [-0.4, -0.2) is 47.2 Å². The van der Waals surface area contributed by atoms with Crippen molar-refractivity contribution >= 4 is 22.8 Å². The Hall–Kier alpha value is -2.37. The molecule has 1 saturated carbocycles. The fourth-order valence-electron chi connectivity index (χ4n) is 2.23. The number of H-pyrrole nitrogens is 1. The molecule has 2 aromatic rings. The maximum Gasteiger partial charge on any atom is 0.359 e. The minimum absolute atomic E-state index is 0.0357. The number of aromatic amines is 1. The summed E-state index contributed by atoms with van der Waals surface area (Å²) < 4.78 is 4.68. The van der Waals surface area contributed by atoms with Gasteiger partial charge in [-0.2, -0.15) is 5.10 Å². The van der Waals surface area contributed by atoms with Gasteiger partial charge in [0.1, 0.15) is 0 Å². The molecule has 0 radical (unpaired) electrons. The minimum atomic E-state index is -0.517. The number of hydrogen-bond donors (Lipinski definition) is 1. The molecule has 6 heteroatoms. The van der Waals surface area contributed by atoms with Crippen LogP contribution in [0.5, 0.6) is 0 Å². The average Bonchev–Trinajstić information content (AvgIpc) is 3.24. The highest BCUT2D eigenvalue weighted by molar-refractivity contribution is 6.05. The number of carbonyl (C=O) groups excluding carboxylic acids is 2. The van der Waals surface area contributed by atoms with E-state index in [1.165, 1.54) is 7.11 Å². The number of methoxy groups -OCH3 is 1. The van der Waals surface area contributed by atoms with E-state index in [9.17, 15) is 9.59 Å². The number of nitrogens with one attached hydrogen (secondary N) is 1. The Kier molecular flexibility index (Phi) is 2.93. The Morgan fingerprint density at radius 1 is 1.40 bits per heavy atom. The normalized spacial score (nSPS) is 14.3. The lowest BCUT2D eigenvalue weighted by molar-refractivity contribution is 0.0595. The highest BCUT2D eigenvalue weighted by Crippen LogP contribution is 2.27. The van der Waals surface area contributed by atoms with Crippen LogP contribution in [0.3, 0.4) is 0 Å². The van der Waals surface area contributed by atoms with Gasteiger partial charge >= 0.3 is 5.97 Å². The number of nitrogens with zero attached hydrogens (tertiary/aromatic N) is 2. The number of ether oxygens (including phenoxy) is 1. The topological polar surface area (TPSA) is 75.3 Å². The maximum absolute atomic E-state index is 12.3. The van der Waals surface area contributed by atoms with Crippen molar-refractivity contribution in [1.29, 1.82) is 0 Å². The summed E-state index contributed by atoms with van der Waals surface area (Å²) in [5.41, 5.74) is 1.46. The van der Waals surface area contributed by atoms with E-state index in [0.717, 1.165) is 12.8 Å². The third-order valence-electron chi connectivity index (χ3n) is 3.60. The third-order valence-corrected chi connectivity index (χ3v) is 3.60. The van der Waals surface area contributed by atoms with Gasteiger partial charge in [0, 0.05) is 24.0 Å². The van der Waals surface area contributed by atoms with Crippen LogP contribution in [0, 0.1) is 0 Å². The first-order valence-corrected chi connectivity index (χ1v) is 6.45. The first-order valence-electron chi connectivity index (χ1n) is 6.45. The summed E-state index contributed by atoms with van der Waals surface area (Å²) in [5, 5.41) is 7.30. The molecule has 1 amide bonds. The summed E-state index contributed by atoms with van der Waals surface area (Å²) in [5.74, 6) is -0.553. The first-order chi connectivity index (χ1) is 9.61. The van der Waals surface area contributed by atoms with Crippen molar-refractivity contribution < 1.29 is 14.3 Å². The van der Waals surface area contributed by atoms with E-state index in [-0.39, 0.29) is 11.6 Å². The van der Waals surface area contributed by atoms with Crippen LogP contribution in [0.4, 0.5) is 0 Å². The van der Waals surface area contributed by atoms with Crippen molar-refractivity contribution in [2.75, 3.05) is 14.2 Å². The largest absolute Gasteiger partial charge is 0.464 e. The van der Waals surface area contributed by atoms with Gasteiger partial charge in [-0.15, -0.1) is 0 Å². The van der Waals surface area contributed by atoms with Gasteiger partial charge in [0.2, 0.25) is 0 Å². The number of aromatic nitrogens is 2. The molecule has 1 aliphatic carbocycles. The molecule has 1 fully saturated rings. The second kappa shape index (κ2) is 4.63. The summed E-state index contributed by atoms with van der Waals surface area (Å²) in [6.07, 6.45) is 2.12.